The number of hydrogen-bond acceptors (Lipinski definition) is 12. The average Bonchev–Trinajstić information content (AvgIpc) is 3.31. The first kappa shape index (κ1) is 50.3. The van der Waals surface area contributed by atoms with Crippen molar-refractivity contribution in [3.05, 3.63) is 106 Å². The van der Waals surface area contributed by atoms with Gasteiger partial charge in [0, 0.05) is 43.8 Å². The highest BCUT2D eigenvalue weighted by Crippen LogP contribution is 2.40. The van der Waals surface area contributed by atoms with Gasteiger partial charge in [-0.25, -0.2) is 0 Å². The van der Waals surface area contributed by atoms with E-state index in [1.807, 2.05) is 30.3 Å². The van der Waals surface area contributed by atoms with Crippen LogP contribution in [0.25, 0.3) is 11.1 Å². The van der Waals surface area contributed by atoms with Crippen LogP contribution in [-0.2, 0) is 32.0 Å². The molecule has 17 nitrogen and oxygen atoms in total. The first-order chi connectivity index (χ1) is 31.8. The fourth-order valence-electron chi connectivity index (χ4n) is 7.35. The zero-order valence-corrected chi connectivity index (χ0v) is 38.1. The van der Waals surface area contributed by atoms with E-state index in [0.717, 1.165) is 19.3 Å². The first-order valence-electron chi connectivity index (χ1n) is 21.8. The maximum absolute atomic E-state index is 14.6. The van der Waals surface area contributed by atoms with Gasteiger partial charge in [0.2, 0.25) is 23.6 Å². The number of rotatable bonds is 19. The summed E-state index contributed by atoms with van der Waals surface area (Å²) in [7, 11) is 1.40. The van der Waals surface area contributed by atoms with Crippen LogP contribution in [0.15, 0.2) is 78.9 Å². The van der Waals surface area contributed by atoms with Crippen molar-refractivity contribution in [2.75, 3.05) is 46.4 Å². The van der Waals surface area contributed by atoms with Gasteiger partial charge < -0.3 is 57.6 Å². The number of nitrogens with zero attached hydrogens (tertiary/aromatic N) is 2. The third kappa shape index (κ3) is 13.2. The van der Waals surface area contributed by atoms with Crippen molar-refractivity contribution in [1.29, 1.82) is 5.26 Å². The number of halogens is 1. The molecule has 0 saturated carbocycles. The molecule has 18 heteroatoms. The lowest BCUT2D eigenvalue weighted by Crippen LogP contribution is -2.56. The molecule has 0 spiro atoms. The summed E-state index contributed by atoms with van der Waals surface area (Å²) in [4.78, 5) is 71.2. The Morgan fingerprint density at radius 3 is 2.18 bits per heavy atom. The van der Waals surface area contributed by atoms with Gasteiger partial charge in [-0.15, -0.1) is 0 Å². The number of likely N-dealkylation sites (N-methyl/N-ethyl adjacent to an activating group) is 1. The molecule has 0 aliphatic carbocycles. The molecule has 1 aliphatic heterocycles. The third-order valence-corrected chi connectivity index (χ3v) is 11.1. The van der Waals surface area contributed by atoms with Gasteiger partial charge in [0.25, 0.3) is 5.91 Å². The fourth-order valence-corrected chi connectivity index (χ4v) is 7.61. The minimum absolute atomic E-state index is 0.00257. The molecule has 10 N–H and O–H groups in total. The van der Waals surface area contributed by atoms with Crippen LogP contribution in [0.1, 0.15) is 66.2 Å². The average molecular weight is 924 g/mol. The quantitative estimate of drug-likeness (QED) is 0.0665. The van der Waals surface area contributed by atoms with E-state index in [9.17, 15) is 24.0 Å². The number of hydrogen-bond donors (Lipinski definition) is 7. The van der Waals surface area contributed by atoms with Gasteiger partial charge in [-0.05, 0) is 98.0 Å². The van der Waals surface area contributed by atoms with Crippen molar-refractivity contribution in [2.24, 2.45) is 17.2 Å². The smallest absolute Gasteiger partial charge is 0.253 e. The number of carbonyl (C=O) groups is 5. The Hall–Kier alpha value is -6.71. The maximum Gasteiger partial charge on any atom is 0.253 e. The topological polar surface area (TPSA) is 266 Å². The predicted octanol–water partition coefficient (Wildman–Crippen LogP) is 3.65. The van der Waals surface area contributed by atoms with Crippen molar-refractivity contribution in [2.45, 2.75) is 70.1 Å². The second kappa shape index (κ2) is 24.5. The summed E-state index contributed by atoms with van der Waals surface area (Å²) < 4.78 is 18.2. The summed E-state index contributed by atoms with van der Waals surface area (Å²) in [6.07, 6.45) is 3.13. The van der Waals surface area contributed by atoms with Crippen LogP contribution in [0, 0.1) is 11.3 Å². The molecular weight excluding hydrogens is 866 g/mol. The van der Waals surface area contributed by atoms with Gasteiger partial charge in [-0.2, -0.15) is 5.26 Å². The summed E-state index contributed by atoms with van der Waals surface area (Å²) in [6, 6.07) is 19.3. The summed E-state index contributed by atoms with van der Waals surface area (Å²) >= 11 is 6.63. The molecule has 1 aliphatic rings. The maximum atomic E-state index is 14.6. The SMILES string of the molecule is CCCCc1ccc(Oc2ccc(C(=O)N[C@@H](CCN)C(=O)N(C)[C@@H]3C(=O)N[C@@H](C)C(=O)N[C@H](C(=O)NCC#N)Cc4ccc(OCCN)c(c4)-c4cc3ccc4OCCN)c(Cl)c2)cc1. The number of nitrogens with two attached hydrogens (primary N) is 3. The molecule has 0 fully saturated rings. The van der Waals surface area contributed by atoms with Gasteiger partial charge in [-0.3, -0.25) is 24.0 Å². The molecule has 350 valence electrons. The number of carbonyl (C=O) groups excluding carboxylic acids is 5. The molecule has 4 aromatic carbocycles. The Morgan fingerprint density at radius 1 is 0.879 bits per heavy atom. The molecule has 0 aromatic heterocycles. The lowest BCUT2D eigenvalue weighted by Gasteiger charge is -2.32. The predicted molar refractivity (Wildman–Crippen MR) is 250 cm³/mol. The Balaban J connectivity index is 1.51. The van der Waals surface area contributed by atoms with Crippen LogP contribution < -0.4 is 52.7 Å². The number of unbranched alkanes of at least 4 members (excludes halogenated alkanes) is 1. The Bertz CT molecular complexity index is 2390. The second-order valence-corrected chi connectivity index (χ2v) is 16.1. The normalized spacial score (nSPS) is 16.3. The van der Waals surface area contributed by atoms with E-state index in [1.54, 1.807) is 42.5 Å². The summed E-state index contributed by atoms with van der Waals surface area (Å²) in [6.45, 7) is 3.90. The van der Waals surface area contributed by atoms with Crippen LogP contribution in [0.5, 0.6) is 23.0 Å². The summed E-state index contributed by atoms with van der Waals surface area (Å²) in [5, 5.41) is 19.9. The zero-order valence-electron chi connectivity index (χ0n) is 37.4. The molecule has 4 aromatic rings. The number of nitriles is 1. The second-order valence-electron chi connectivity index (χ2n) is 15.7. The lowest BCUT2D eigenvalue weighted by atomic mass is 9.93. The van der Waals surface area contributed by atoms with Crippen LogP contribution in [0.2, 0.25) is 5.02 Å². The molecule has 0 saturated heterocycles. The largest absolute Gasteiger partial charge is 0.492 e. The number of aryl methyl sites for hydroxylation is 1. The molecule has 5 amide bonds. The number of benzene rings is 4. The number of ether oxygens (including phenoxy) is 3. The number of fused-ring (bicyclic) bond motifs is 5. The van der Waals surface area contributed by atoms with Gasteiger partial charge >= 0.3 is 0 Å². The Kier molecular flexibility index (Phi) is 18.7. The van der Waals surface area contributed by atoms with Crippen LogP contribution >= 0.6 is 11.6 Å². The summed E-state index contributed by atoms with van der Waals surface area (Å²) in [5.41, 5.74) is 20.8. The first-order valence-corrected chi connectivity index (χ1v) is 22.2. The fraction of sp³-hybridized carbons (Fsp3) is 0.375. The highest BCUT2D eigenvalue weighted by Gasteiger charge is 2.36. The molecule has 0 unspecified atom stereocenters. The van der Waals surface area contributed by atoms with E-state index >= 15 is 0 Å². The zero-order chi connectivity index (χ0) is 47.8. The molecule has 66 heavy (non-hydrogen) atoms. The van der Waals surface area contributed by atoms with Crippen molar-refractivity contribution >= 4 is 41.1 Å². The van der Waals surface area contributed by atoms with E-state index in [0.29, 0.717) is 45.3 Å². The minimum Gasteiger partial charge on any atom is -0.492 e. The van der Waals surface area contributed by atoms with Crippen molar-refractivity contribution < 1.29 is 38.2 Å². The van der Waals surface area contributed by atoms with Crippen LogP contribution in [-0.4, -0.2) is 99.0 Å². The Labute approximate surface area is 389 Å². The Morgan fingerprint density at radius 2 is 1.55 bits per heavy atom. The van der Waals surface area contributed by atoms with Gasteiger partial charge in [0.05, 0.1) is 16.7 Å². The van der Waals surface area contributed by atoms with E-state index in [2.05, 4.69) is 28.2 Å². The van der Waals surface area contributed by atoms with Gasteiger partial charge in [0.1, 0.15) is 66.9 Å². The highest BCUT2D eigenvalue weighted by molar-refractivity contribution is 6.34. The molecule has 0 radical (unpaired) electrons. The molecule has 4 atom stereocenters. The molecule has 4 bridgehead atoms. The monoisotopic (exact) mass is 923 g/mol. The van der Waals surface area contributed by atoms with Gasteiger partial charge in [0.15, 0.2) is 0 Å². The van der Waals surface area contributed by atoms with E-state index in [1.165, 1.54) is 36.6 Å². The number of nitrogens with one attached hydrogen (secondary N) is 4. The van der Waals surface area contributed by atoms with E-state index < -0.39 is 53.7 Å². The van der Waals surface area contributed by atoms with Crippen molar-refractivity contribution in [3.8, 4) is 40.2 Å². The van der Waals surface area contributed by atoms with Crippen molar-refractivity contribution in [3.63, 3.8) is 0 Å². The molecular formula is C48H58ClN9O8. The molecule has 5 rings (SSSR count). The minimum atomic E-state index is -1.41. The highest BCUT2D eigenvalue weighted by atomic mass is 35.5. The van der Waals surface area contributed by atoms with Crippen LogP contribution in [0.3, 0.4) is 0 Å². The third-order valence-electron chi connectivity index (χ3n) is 10.8. The van der Waals surface area contributed by atoms with E-state index in [4.69, 9.17) is 48.3 Å². The van der Waals surface area contributed by atoms with Crippen molar-refractivity contribution in [1.82, 2.24) is 26.2 Å². The standard InChI is InChI=1S/C48H58ClN9O8/c1-4-5-6-30-7-11-33(12-8-30)66-34-13-14-35(38(49)28-34)45(60)56-39(17-18-50)48(63)58(3)43-32-10-16-42(65-24-21-53)37(27-32)36-25-31(9-15-41(36)64-23-20-52)26-40(46(61)54-22-19-51)57-44(59)29(2)55-47(43)62/h7-16,25,27-29,39-40,43H,4-6,17-18,20-24,26,50,52-53H2,1-3H3,(H,54,61)(H,55,62)(H,56,60)(H,57,59)/t29-,39-,40-,43-/m0/s1. The van der Waals surface area contributed by atoms with E-state index in [-0.39, 0.29) is 62.8 Å². The van der Waals surface area contributed by atoms with Crippen LogP contribution in [0.4, 0.5) is 0 Å². The lowest BCUT2D eigenvalue weighted by molar-refractivity contribution is -0.141. The number of amides is 5. The summed E-state index contributed by atoms with van der Waals surface area (Å²) in [5.74, 6) is -1.70. The molecule has 1 heterocycles. The van der Waals surface area contributed by atoms with Gasteiger partial charge in [-0.1, -0.05) is 49.2 Å².